The highest BCUT2D eigenvalue weighted by Gasteiger charge is 2.04. The number of halogens is 1. The van der Waals surface area contributed by atoms with Crippen molar-refractivity contribution in [3.8, 4) is 22.4 Å². The molecule has 0 fully saturated rings. The van der Waals surface area contributed by atoms with Crippen molar-refractivity contribution >= 4 is 28.1 Å². The second kappa shape index (κ2) is 7.54. The fourth-order valence-corrected chi connectivity index (χ4v) is 3.08. The number of hydrogen-bond acceptors (Lipinski definition) is 1. The van der Waals surface area contributed by atoms with E-state index in [0.717, 1.165) is 27.1 Å². The van der Waals surface area contributed by atoms with Crippen molar-refractivity contribution in [1.29, 1.82) is 0 Å². The Morgan fingerprint density at radius 3 is 2.27 bits per heavy atom. The van der Waals surface area contributed by atoms with Gasteiger partial charge in [-0.3, -0.25) is 0 Å². The molecule has 0 aliphatic carbocycles. The van der Waals surface area contributed by atoms with E-state index in [0.29, 0.717) is 0 Å². The van der Waals surface area contributed by atoms with Crippen LogP contribution in [0.5, 0.6) is 0 Å². The summed E-state index contributed by atoms with van der Waals surface area (Å²) >= 11 is 3.45. The van der Waals surface area contributed by atoms with Gasteiger partial charge in [0.05, 0.1) is 11.9 Å². The number of rotatable bonds is 4. The van der Waals surface area contributed by atoms with E-state index < -0.39 is 0 Å². The molecule has 0 bridgehead atoms. The summed E-state index contributed by atoms with van der Waals surface area (Å²) in [4.78, 5) is 7.86. The molecule has 3 aromatic carbocycles. The van der Waals surface area contributed by atoms with Crippen LogP contribution in [0.15, 0.2) is 89.5 Å². The number of aromatic nitrogens is 2. The second-order valence-electron chi connectivity index (χ2n) is 6.01. The molecule has 1 aromatic heterocycles. The van der Waals surface area contributed by atoms with Crippen LogP contribution in [0.1, 0.15) is 11.4 Å². The molecule has 0 amide bonds. The number of hydrogen-bond donors (Lipinski definition) is 1. The first-order chi connectivity index (χ1) is 12.8. The average Bonchev–Trinajstić information content (AvgIpc) is 3.18. The van der Waals surface area contributed by atoms with Gasteiger partial charge in [0.2, 0.25) is 0 Å². The molecule has 1 N–H and O–H groups in total. The molecule has 4 rings (SSSR count). The molecule has 0 radical (unpaired) electrons. The van der Waals surface area contributed by atoms with Gasteiger partial charge in [-0.2, -0.15) is 0 Å². The van der Waals surface area contributed by atoms with E-state index >= 15 is 0 Å². The van der Waals surface area contributed by atoms with E-state index in [1.54, 1.807) is 0 Å². The van der Waals surface area contributed by atoms with Gasteiger partial charge in [-0.1, -0.05) is 82.7 Å². The Hall–Kier alpha value is -2.91. The fourth-order valence-electron chi connectivity index (χ4n) is 2.81. The quantitative estimate of drug-likeness (QED) is 0.406. The minimum atomic E-state index is 0.841. The molecule has 26 heavy (non-hydrogen) atoms. The first kappa shape index (κ1) is 16.6. The highest BCUT2D eigenvalue weighted by Crippen LogP contribution is 2.25. The van der Waals surface area contributed by atoms with Gasteiger partial charge < -0.3 is 4.98 Å². The van der Waals surface area contributed by atoms with Gasteiger partial charge in [0.15, 0.2) is 0 Å². The molecular formula is C23H17BrN2. The summed E-state index contributed by atoms with van der Waals surface area (Å²) in [6.45, 7) is 0. The lowest BCUT2D eigenvalue weighted by atomic mass is 10.0. The third-order valence-corrected chi connectivity index (χ3v) is 4.71. The maximum absolute atomic E-state index is 4.48. The summed E-state index contributed by atoms with van der Waals surface area (Å²) in [5, 5.41) is 0. The maximum atomic E-state index is 4.48. The molecule has 126 valence electrons. The number of nitrogens with zero attached hydrogens (tertiary/aromatic N) is 1. The van der Waals surface area contributed by atoms with Crippen LogP contribution >= 0.6 is 15.9 Å². The summed E-state index contributed by atoms with van der Waals surface area (Å²) in [6.07, 6.45) is 5.93. The van der Waals surface area contributed by atoms with Crippen LogP contribution in [0.25, 0.3) is 34.5 Å². The molecule has 0 saturated heterocycles. The minimum absolute atomic E-state index is 0.841. The third-order valence-electron chi connectivity index (χ3n) is 4.18. The summed E-state index contributed by atoms with van der Waals surface area (Å²) in [7, 11) is 0. The predicted octanol–water partition coefficient (Wildman–Crippen LogP) is 6.68. The molecule has 0 atom stereocenters. The first-order valence-electron chi connectivity index (χ1n) is 8.42. The molecule has 0 saturated carbocycles. The van der Waals surface area contributed by atoms with Crippen LogP contribution in [-0.2, 0) is 0 Å². The van der Waals surface area contributed by atoms with Crippen LogP contribution in [0.3, 0.4) is 0 Å². The summed E-state index contributed by atoms with van der Waals surface area (Å²) in [5.74, 6) is 0.841. The Bertz CT molecular complexity index is 1030. The lowest BCUT2D eigenvalue weighted by molar-refractivity contribution is 1.27. The maximum Gasteiger partial charge on any atom is 0.130 e. The number of imidazole rings is 1. The van der Waals surface area contributed by atoms with E-state index in [9.17, 15) is 0 Å². The number of aromatic amines is 1. The van der Waals surface area contributed by atoms with Crippen molar-refractivity contribution in [2.45, 2.75) is 0 Å². The molecule has 1 heterocycles. The zero-order valence-corrected chi connectivity index (χ0v) is 15.6. The van der Waals surface area contributed by atoms with Crippen molar-refractivity contribution in [2.75, 3.05) is 0 Å². The van der Waals surface area contributed by atoms with E-state index in [1.165, 1.54) is 11.1 Å². The summed E-state index contributed by atoms with van der Waals surface area (Å²) in [5.41, 5.74) is 5.69. The van der Waals surface area contributed by atoms with E-state index in [2.05, 4.69) is 92.6 Å². The fraction of sp³-hybridized carbons (Fsp3) is 0. The van der Waals surface area contributed by atoms with E-state index in [4.69, 9.17) is 0 Å². The van der Waals surface area contributed by atoms with Gasteiger partial charge >= 0.3 is 0 Å². The molecular weight excluding hydrogens is 384 g/mol. The van der Waals surface area contributed by atoms with Gasteiger partial charge in [-0.15, -0.1) is 0 Å². The van der Waals surface area contributed by atoms with Crippen molar-refractivity contribution in [2.24, 2.45) is 0 Å². The van der Waals surface area contributed by atoms with Crippen LogP contribution in [0.2, 0.25) is 0 Å². The first-order valence-corrected chi connectivity index (χ1v) is 9.22. The van der Waals surface area contributed by atoms with Gasteiger partial charge in [-0.05, 0) is 41.0 Å². The van der Waals surface area contributed by atoms with Crippen LogP contribution in [0, 0.1) is 0 Å². The minimum Gasteiger partial charge on any atom is -0.338 e. The zero-order chi connectivity index (χ0) is 17.8. The second-order valence-corrected chi connectivity index (χ2v) is 6.93. The molecule has 0 unspecified atom stereocenters. The largest absolute Gasteiger partial charge is 0.338 e. The van der Waals surface area contributed by atoms with Crippen molar-refractivity contribution in [1.82, 2.24) is 9.97 Å². The van der Waals surface area contributed by atoms with Crippen LogP contribution in [0.4, 0.5) is 0 Å². The SMILES string of the molecule is Brc1ccc(C=Cc2ncc(-c3cccc(-c4ccccc4)c3)[nH]2)cc1. The Morgan fingerprint density at radius 2 is 1.46 bits per heavy atom. The number of nitrogens with one attached hydrogen (secondary N) is 1. The Balaban J connectivity index is 1.57. The molecule has 0 aliphatic rings. The highest BCUT2D eigenvalue weighted by atomic mass is 79.9. The Morgan fingerprint density at radius 1 is 0.731 bits per heavy atom. The topological polar surface area (TPSA) is 28.7 Å². The molecule has 3 heteroatoms. The van der Waals surface area contributed by atoms with E-state index in [-0.39, 0.29) is 0 Å². The number of H-pyrrole nitrogens is 1. The van der Waals surface area contributed by atoms with Crippen molar-refractivity contribution in [3.63, 3.8) is 0 Å². The smallest absolute Gasteiger partial charge is 0.130 e. The van der Waals surface area contributed by atoms with Crippen molar-refractivity contribution < 1.29 is 0 Å². The van der Waals surface area contributed by atoms with Crippen LogP contribution < -0.4 is 0 Å². The monoisotopic (exact) mass is 400 g/mol. The molecule has 0 spiro atoms. The highest BCUT2D eigenvalue weighted by molar-refractivity contribution is 9.10. The summed E-state index contributed by atoms with van der Waals surface area (Å²) in [6, 6.07) is 27.1. The van der Waals surface area contributed by atoms with E-state index in [1.807, 2.05) is 30.5 Å². The third kappa shape index (κ3) is 3.84. The lowest BCUT2D eigenvalue weighted by Crippen LogP contribution is -1.81. The molecule has 2 nitrogen and oxygen atoms in total. The van der Waals surface area contributed by atoms with Gasteiger partial charge in [0.1, 0.15) is 5.82 Å². The normalized spacial score (nSPS) is 11.1. The molecule has 0 aliphatic heterocycles. The average molecular weight is 401 g/mol. The van der Waals surface area contributed by atoms with Crippen molar-refractivity contribution in [3.05, 3.63) is 101 Å². The standard InChI is InChI=1S/C23H17BrN2/c24-21-12-9-17(10-13-21)11-14-23-25-16-22(26-23)20-8-4-7-19(15-20)18-5-2-1-3-6-18/h1-16H,(H,25,26). The Kier molecular flexibility index (Phi) is 4.80. The van der Waals surface area contributed by atoms with Crippen LogP contribution in [-0.4, -0.2) is 9.97 Å². The van der Waals surface area contributed by atoms with Gasteiger partial charge in [-0.25, -0.2) is 4.98 Å². The summed E-state index contributed by atoms with van der Waals surface area (Å²) < 4.78 is 1.08. The zero-order valence-electron chi connectivity index (χ0n) is 14.1. The molecule has 4 aromatic rings. The number of benzene rings is 3. The Labute approximate surface area is 161 Å². The lowest BCUT2D eigenvalue weighted by Gasteiger charge is -2.04. The van der Waals surface area contributed by atoms with Gasteiger partial charge in [0.25, 0.3) is 0 Å². The van der Waals surface area contributed by atoms with Gasteiger partial charge in [0, 0.05) is 10.0 Å². The predicted molar refractivity (Wildman–Crippen MR) is 113 cm³/mol.